The van der Waals surface area contributed by atoms with Crippen LogP contribution in [-0.4, -0.2) is 20.7 Å². The second-order valence-corrected chi connectivity index (χ2v) is 7.47. The van der Waals surface area contributed by atoms with Crippen molar-refractivity contribution in [2.45, 2.75) is 0 Å². The molecule has 1 heterocycles. The predicted octanol–water partition coefficient (Wildman–Crippen LogP) is 5.99. The summed E-state index contributed by atoms with van der Waals surface area (Å²) in [4.78, 5) is 17.5. The first kappa shape index (κ1) is 19.0. The summed E-state index contributed by atoms with van der Waals surface area (Å²) in [6.45, 7) is 0. The number of nitrogens with zero attached hydrogens (tertiary/aromatic N) is 3. The largest absolute Gasteiger partial charge is 0.319 e. The summed E-state index contributed by atoms with van der Waals surface area (Å²) in [5.74, 6) is 0.286. The zero-order chi connectivity index (χ0) is 21.2. The third-order valence-corrected chi connectivity index (χ3v) is 5.17. The molecule has 0 unspecified atom stereocenters. The van der Waals surface area contributed by atoms with E-state index >= 15 is 0 Å². The number of benzene rings is 4. The Morgan fingerprint density at radius 1 is 0.806 bits per heavy atom. The van der Waals surface area contributed by atoms with Gasteiger partial charge < -0.3 is 5.32 Å². The van der Waals surface area contributed by atoms with Crippen molar-refractivity contribution >= 4 is 34.0 Å². The summed E-state index contributed by atoms with van der Waals surface area (Å²) in [6.07, 6.45) is 0. The molecule has 6 heteroatoms. The molecule has 4 aromatic carbocycles. The van der Waals surface area contributed by atoms with E-state index in [9.17, 15) is 4.79 Å². The van der Waals surface area contributed by atoms with E-state index in [1.54, 1.807) is 16.8 Å². The van der Waals surface area contributed by atoms with Crippen molar-refractivity contribution in [2.24, 2.45) is 0 Å². The minimum absolute atomic E-state index is 0.0851. The lowest BCUT2D eigenvalue weighted by atomic mass is 10.1. The van der Waals surface area contributed by atoms with Crippen LogP contribution in [0.4, 0.5) is 5.69 Å². The van der Waals surface area contributed by atoms with Gasteiger partial charge in [-0.25, -0.2) is 9.67 Å². The lowest BCUT2D eigenvalue weighted by Gasteiger charge is -2.06. The second kappa shape index (κ2) is 8.05. The Labute approximate surface area is 183 Å². The zero-order valence-electron chi connectivity index (χ0n) is 16.4. The summed E-state index contributed by atoms with van der Waals surface area (Å²) in [6, 6.07) is 30.6. The van der Waals surface area contributed by atoms with E-state index in [-0.39, 0.29) is 11.7 Å². The van der Waals surface area contributed by atoms with E-state index in [1.165, 1.54) is 0 Å². The lowest BCUT2D eigenvalue weighted by molar-refractivity contribution is 0.101. The molecule has 0 saturated heterocycles. The summed E-state index contributed by atoms with van der Waals surface area (Å²) in [5, 5.41) is 10.2. The molecule has 0 saturated carbocycles. The van der Waals surface area contributed by atoms with Gasteiger partial charge in [0.2, 0.25) is 5.82 Å². The van der Waals surface area contributed by atoms with Gasteiger partial charge in [0.05, 0.1) is 5.69 Å². The third-order valence-electron chi connectivity index (χ3n) is 4.92. The SMILES string of the molecule is O=C(Nc1ccc2ccccc2c1)c1nc(-c2ccccc2)n(-c2ccc(Cl)cc2)n1. The molecule has 0 aliphatic rings. The molecule has 5 rings (SSSR count). The van der Waals surface area contributed by atoms with Crippen molar-refractivity contribution in [3.63, 3.8) is 0 Å². The quantitative estimate of drug-likeness (QED) is 0.385. The van der Waals surface area contributed by atoms with Crippen molar-refractivity contribution < 1.29 is 4.79 Å². The highest BCUT2D eigenvalue weighted by atomic mass is 35.5. The average molecular weight is 425 g/mol. The summed E-state index contributed by atoms with van der Waals surface area (Å²) >= 11 is 6.03. The fourth-order valence-electron chi connectivity index (χ4n) is 3.40. The molecule has 0 radical (unpaired) electrons. The highest BCUT2D eigenvalue weighted by molar-refractivity contribution is 6.30. The molecule has 1 amide bonds. The number of rotatable bonds is 4. The van der Waals surface area contributed by atoms with Crippen LogP contribution in [0, 0.1) is 0 Å². The molecule has 5 aromatic rings. The number of carbonyl (C=O) groups is 1. The van der Waals surface area contributed by atoms with Crippen LogP contribution in [-0.2, 0) is 0 Å². The van der Waals surface area contributed by atoms with Gasteiger partial charge in [0.15, 0.2) is 5.82 Å². The molecule has 0 aliphatic carbocycles. The fourth-order valence-corrected chi connectivity index (χ4v) is 3.52. The fraction of sp³-hybridized carbons (Fsp3) is 0. The molecule has 31 heavy (non-hydrogen) atoms. The normalized spacial score (nSPS) is 10.9. The predicted molar refractivity (Wildman–Crippen MR) is 124 cm³/mol. The standard InChI is InChI=1S/C25H17ClN4O/c26-20-11-14-22(15-12-20)30-24(18-7-2-1-3-8-18)28-23(29-30)25(31)27-21-13-10-17-6-4-5-9-19(17)16-21/h1-16H,(H,27,31). The molecule has 0 fully saturated rings. The van der Waals surface area contributed by atoms with Gasteiger partial charge in [-0.15, -0.1) is 5.10 Å². The van der Waals surface area contributed by atoms with Crippen LogP contribution in [0.5, 0.6) is 0 Å². The van der Waals surface area contributed by atoms with E-state index in [0.717, 1.165) is 22.0 Å². The Hall–Kier alpha value is -3.96. The maximum atomic E-state index is 13.0. The number of hydrogen-bond acceptors (Lipinski definition) is 3. The monoisotopic (exact) mass is 424 g/mol. The molecule has 0 aliphatic heterocycles. The third kappa shape index (κ3) is 3.91. The minimum atomic E-state index is -0.375. The molecule has 5 nitrogen and oxygen atoms in total. The second-order valence-electron chi connectivity index (χ2n) is 7.03. The first-order valence-corrected chi connectivity index (χ1v) is 10.1. The molecule has 150 valence electrons. The van der Waals surface area contributed by atoms with Gasteiger partial charge in [-0.1, -0.05) is 72.3 Å². The molecule has 1 aromatic heterocycles. The van der Waals surface area contributed by atoms with Crippen LogP contribution in [0.3, 0.4) is 0 Å². The van der Waals surface area contributed by atoms with Crippen LogP contribution < -0.4 is 5.32 Å². The summed E-state index contributed by atoms with van der Waals surface area (Å²) in [5.41, 5.74) is 2.31. The van der Waals surface area contributed by atoms with Crippen molar-refractivity contribution in [3.05, 3.63) is 108 Å². The van der Waals surface area contributed by atoms with Crippen LogP contribution in [0.15, 0.2) is 97.1 Å². The number of amides is 1. The van der Waals surface area contributed by atoms with E-state index in [4.69, 9.17) is 11.6 Å². The summed E-state index contributed by atoms with van der Waals surface area (Å²) in [7, 11) is 0. The molecule has 1 N–H and O–H groups in total. The zero-order valence-corrected chi connectivity index (χ0v) is 17.1. The lowest BCUT2D eigenvalue weighted by Crippen LogP contribution is -2.14. The maximum absolute atomic E-state index is 13.0. The van der Waals surface area contributed by atoms with Crippen LogP contribution in [0.25, 0.3) is 27.8 Å². The molecule has 0 bridgehead atoms. The number of hydrogen-bond donors (Lipinski definition) is 1. The topological polar surface area (TPSA) is 59.8 Å². The van der Waals surface area contributed by atoms with Crippen LogP contribution >= 0.6 is 11.6 Å². The average Bonchev–Trinajstić information content (AvgIpc) is 3.26. The Morgan fingerprint density at radius 3 is 2.29 bits per heavy atom. The highest BCUT2D eigenvalue weighted by Crippen LogP contribution is 2.23. The highest BCUT2D eigenvalue weighted by Gasteiger charge is 2.19. The Kier molecular flexibility index (Phi) is 4.94. The number of fused-ring (bicyclic) bond motifs is 1. The molecule has 0 atom stereocenters. The van der Waals surface area contributed by atoms with Gasteiger partial charge >= 0.3 is 0 Å². The molecular weight excluding hydrogens is 408 g/mol. The van der Waals surface area contributed by atoms with Gasteiger partial charge in [-0.3, -0.25) is 4.79 Å². The summed E-state index contributed by atoms with van der Waals surface area (Å²) < 4.78 is 1.65. The van der Waals surface area contributed by atoms with Crippen molar-refractivity contribution in [1.82, 2.24) is 14.8 Å². The minimum Gasteiger partial charge on any atom is -0.319 e. The smallest absolute Gasteiger partial charge is 0.295 e. The molecule has 0 spiro atoms. The number of nitrogens with one attached hydrogen (secondary N) is 1. The van der Waals surface area contributed by atoms with Crippen LogP contribution in [0.1, 0.15) is 10.6 Å². The molecular formula is C25H17ClN4O. The van der Waals surface area contributed by atoms with E-state index in [0.29, 0.717) is 16.5 Å². The van der Waals surface area contributed by atoms with E-state index < -0.39 is 0 Å². The van der Waals surface area contributed by atoms with Crippen molar-refractivity contribution in [2.75, 3.05) is 5.32 Å². The van der Waals surface area contributed by atoms with Gasteiger partial charge in [0.25, 0.3) is 5.91 Å². The Bertz CT molecular complexity index is 1380. The Morgan fingerprint density at radius 2 is 1.52 bits per heavy atom. The van der Waals surface area contributed by atoms with Gasteiger partial charge in [-0.2, -0.15) is 0 Å². The van der Waals surface area contributed by atoms with Crippen LogP contribution in [0.2, 0.25) is 5.02 Å². The number of aromatic nitrogens is 3. The number of anilines is 1. The first-order chi connectivity index (χ1) is 15.2. The number of halogens is 1. The van der Waals surface area contributed by atoms with Gasteiger partial charge in [-0.05, 0) is 47.2 Å². The van der Waals surface area contributed by atoms with E-state index in [2.05, 4.69) is 15.4 Å². The van der Waals surface area contributed by atoms with Crippen molar-refractivity contribution in [3.8, 4) is 17.1 Å². The Balaban J connectivity index is 1.52. The van der Waals surface area contributed by atoms with Gasteiger partial charge in [0, 0.05) is 16.3 Å². The number of carbonyl (C=O) groups excluding carboxylic acids is 1. The maximum Gasteiger partial charge on any atom is 0.295 e. The van der Waals surface area contributed by atoms with E-state index in [1.807, 2.05) is 84.9 Å². The first-order valence-electron chi connectivity index (χ1n) is 9.76. The van der Waals surface area contributed by atoms with Gasteiger partial charge in [0.1, 0.15) is 0 Å². The van der Waals surface area contributed by atoms with Crippen molar-refractivity contribution in [1.29, 1.82) is 0 Å².